The molecule has 8 aromatic rings. The van der Waals surface area contributed by atoms with Gasteiger partial charge in [-0.25, -0.2) is 0 Å². The summed E-state index contributed by atoms with van der Waals surface area (Å²) in [7, 11) is 0. The molecule has 2 aliphatic carbocycles. The largest absolute Gasteiger partial charge is 0.311 e. The van der Waals surface area contributed by atoms with Crippen LogP contribution in [0.3, 0.4) is 0 Å². The van der Waals surface area contributed by atoms with Gasteiger partial charge in [-0.1, -0.05) is 158 Å². The summed E-state index contributed by atoms with van der Waals surface area (Å²) in [5, 5.41) is 3.90. The Balaban J connectivity index is 1.21. The normalized spacial score (nSPS) is 18.2. The lowest BCUT2D eigenvalue weighted by atomic mass is 9.36. The molecule has 2 nitrogen and oxygen atoms in total. The summed E-state index contributed by atoms with van der Waals surface area (Å²) in [4.78, 5) is 5.46. The molecule has 0 unspecified atom stereocenters. The summed E-state index contributed by atoms with van der Waals surface area (Å²) < 4.78 is 2.79. The summed E-state index contributed by atoms with van der Waals surface area (Å²) in [6.45, 7) is 36.4. The van der Waals surface area contributed by atoms with Crippen LogP contribution >= 0.6 is 11.3 Å². The molecule has 2 aliphatic heterocycles. The Hall–Kier alpha value is -5.58. The Morgan fingerprint density at radius 2 is 1.07 bits per heavy atom. The summed E-state index contributed by atoms with van der Waals surface area (Å²) >= 11 is 2.02. The molecule has 0 N–H and O–H groups in total. The highest BCUT2D eigenvalue weighted by atomic mass is 32.1. The quantitative estimate of drug-likeness (QED) is 0.163. The molecule has 0 atom stereocenters. The molecule has 4 heteroatoms. The van der Waals surface area contributed by atoms with E-state index in [1.165, 1.54) is 140 Å². The average Bonchev–Trinajstić information content (AvgIpc) is 3.69. The predicted octanol–water partition coefficient (Wildman–Crippen LogP) is 17.4. The van der Waals surface area contributed by atoms with Crippen molar-refractivity contribution in [2.75, 3.05) is 9.80 Å². The molecule has 0 fully saturated rings. The maximum absolute atomic E-state index is 2.74. The van der Waals surface area contributed by atoms with Crippen molar-refractivity contribution in [1.82, 2.24) is 0 Å². The molecular weight excluding hydrogens is 876 g/mol. The molecule has 0 bridgehead atoms. The van der Waals surface area contributed by atoms with Gasteiger partial charge in [-0.15, -0.1) is 11.3 Å². The van der Waals surface area contributed by atoms with Crippen molar-refractivity contribution < 1.29 is 0 Å². The lowest BCUT2D eigenvalue weighted by Crippen LogP contribution is -2.60. The molecule has 0 amide bonds. The van der Waals surface area contributed by atoms with Gasteiger partial charge in [0.2, 0.25) is 0 Å². The van der Waals surface area contributed by atoms with Crippen LogP contribution in [-0.4, -0.2) is 6.71 Å². The van der Waals surface area contributed by atoms with E-state index >= 15 is 0 Å². The van der Waals surface area contributed by atoms with Crippen LogP contribution < -0.4 is 25.5 Å². The summed E-state index contributed by atoms with van der Waals surface area (Å²) in [5.41, 5.74) is 23.3. The molecule has 0 radical (unpaired) electrons. The van der Waals surface area contributed by atoms with Crippen LogP contribution in [0.15, 0.2) is 121 Å². The number of hydrogen-bond acceptors (Lipinski definition) is 3. The minimum Gasteiger partial charge on any atom is -0.311 e. The van der Waals surface area contributed by atoms with E-state index in [2.05, 4.69) is 235 Å². The Kier molecular flexibility index (Phi) is 9.98. The standard InChI is InChI=1S/C67H73BN2S/c1-40-32-56-59-57(33-40)70(54-39-52-51(66(12,13)30-31-67(52,14)15)38-47(54)43-21-20-41-18-16-17-19-42(41)34-43)55-36-45(63(5,6)7)22-26-53(55)68(59)61-60(48-35-44(62(2,3)4)23-27-58(48)71-61)69(56)46-24-25-49-50(37-46)65(10,11)29-28-64(49,8)9/h16-27,32-39H,28-31H2,1-15H3. The van der Waals surface area contributed by atoms with Crippen LogP contribution in [-0.2, 0) is 32.5 Å². The highest BCUT2D eigenvalue weighted by Gasteiger charge is 2.48. The van der Waals surface area contributed by atoms with Crippen molar-refractivity contribution in [3.63, 3.8) is 0 Å². The van der Waals surface area contributed by atoms with Crippen molar-refractivity contribution in [1.29, 1.82) is 0 Å². The first-order valence-electron chi connectivity index (χ1n) is 26.6. The second kappa shape index (κ2) is 15.2. The number of thiophene rings is 1. The summed E-state index contributed by atoms with van der Waals surface area (Å²) in [5.74, 6) is 0. The van der Waals surface area contributed by atoms with Gasteiger partial charge in [0.1, 0.15) is 0 Å². The van der Waals surface area contributed by atoms with E-state index < -0.39 is 0 Å². The van der Waals surface area contributed by atoms with E-state index in [0.29, 0.717) is 0 Å². The number of nitrogens with zero attached hydrogens (tertiary/aromatic N) is 2. The fourth-order valence-electron chi connectivity index (χ4n) is 13.2. The molecule has 71 heavy (non-hydrogen) atoms. The summed E-state index contributed by atoms with van der Waals surface area (Å²) in [6.07, 6.45) is 4.70. The smallest absolute Gasteiger partial charge is 0.264 e. The maximum Gasteiger partial charge on any atom is 0.264 e. The van der Waals surface area contributed by atoms with Crippen molar-refractivity contribution >= 4 is 88.7 Å². The average molecular weight is 949 g/mol. The monoisotopic (exact) mass is 949 g/mol. The Morgan fingerprint density at radius 3 is 1.73 bits per heavy atom. The van der Waals surface area contributed by atoms with Crippen LogP contribution in [0.2, 0.25) is 0 Å². The van der Waals surface area contributed by atoms with Gasteiger partial charge in [0.05, 0.1) is 11.4 Å². The highest BCUT2D eigenvalue weighted by Crippen LogP contribution is 2.55. The van der Waals surface area contributed by atoms with Gasteiger partial charge in [0.25, 0.3) is 6.71 Å². The number of fused-ring (bicyclic) bond motifs is 9. The third-order valence-electron chi connectivity index (χ3n) is 17.9. The van der Waals surface area contributed by atoms with Crippen LogP contribution in [0.25, 0.3) is 32.0 Å². The molecule has 4 aliphatic rings. The van der Waals surface area contributed by atoms with E-state index in [-0.39, 0.29) is 39.2 Å². The van der Waals surface area contributed by atoms with Crippen LogP contribution in [0, 0.1) is 6.92 Å². The van der Waals surface area contributed by atoms with Crippen molar-refractivity contribution in [2.24, 2.45) is 0 Å². The minimum atomic E-state index is -0.0495. The molecule has 1 aromatic heterocycles. The Labute approximate surface area is 429 Å². The van der Waals surface area contributed by atoms with Crippen LogP contribution in [0.1, 0.15) is 162 Å². The SMILES string of the molecule is Cc1cc2c3c(c1)N(c1ccc4c(c1)C(C)(C)CCC4(C)C)c1c(sc4ccc(C(C)(C)C)cc14)B3c1ccc(C(C)(C)C)cc1N2c1cc2c(cc1-c1ccc3ccccc3c1)C(C)(C)CCC2(C)C. The fraction of sp³-hybridized carbons (Fsp3) is 0.373. The van der Waals surface area contributed by atoms with Crippen molar-refractivity contribution in [3.05, 3.63) is 160 Å². The fourth-order valence-corrected chi connectivity index (χ4v) is 14.5. The van der Waals surface area contributed by atoms with Gasteiger partial charge in [-0.2, -0.15) is 0 Å². The molecule has 0 spiro atoms. The van der Waals surface area contributed by atoms with Crippen molar-refractivity contribution in [3.8, 4) is 11.1 Å². The van der Waals surface area contributed by atoms with E-state index in [1.54, 1.807) is 0 Å². The third kappa shape index (κ3) is 7.15. The van der Waals surface area contributed by atoms with E-state index in [4.69, 9.17) is 0 Å². The summed E-state index contributed by atoms with van der Waals surface area (Å²) in [6, 6.07) is 48.8. The zero-order valence-corrected chi connectivity index (χ0v) is 46.1. The number of benzene rings is 7. The molecule has 7 aromatic carbocycles. The Morgan fingerprint density at radius 1 is 0.493 bits per heavy atom. The zero-order chi connectivity index (χ0) is 50.1. The molecule has 0 saturated heterocycles. The second-order valence-electron chi connectivity index (χ2n) is 26.9. The Bertz CT molecular complexity index is 3550. The van der Waals surface area contributed by atoms with Gasteiger partial charge >= 0.3 is 0 Å². The minimum absolute atomic E-state index is 0.00823. The lowest BCUT2D eigenvalue weighted by molar-refractivity contribution is 0.332. The zero-order valence-electron chi connectivity index (χ0n) is 45.3. The van der Waals surface area contributed by atoms with Gasteiger partial charge in [-0.05, 0) is 192 Å². The number of hydrogen-bond donors (Lipinski definition) is 0. The first-order chi connectivity index (χ1) is 33.3. The highest BCUT2D eigenvalue weighted by molar-refractivity contribution is 7.33. The van der Waals surface area contributed by atoms with E-state index in [9.17, 15) is 0 Å². The number of rotatable bonds is 3. The van der Waals surface area contributed by atoms with Gasteiger partial charge < -0.3 is 9.80 Å². The molecule has 0 saturated carbocycles. The second-order valence-corrected chi connectivity index (χ2v) is 27.9. The van der Waals surface area contributed by atoms with Gasteiger partial charge in [0.15, 0.2) is 0 Å². The first-order valence-corrected chi connectivity index (χ1v) is 27.4. The molecule has 3 heterocycles. The molecular formula is C67H73BN2S. The molecule has 360 valence electrons. The lowest BCUT2D eigenvalue weighted by Gasteiger charge is -2.46. The van der Waals surface area contributed by atoms with Gasteiger partial charge in [-0.3, -0.25) is 0 Å². The van der Waals surface area contributed by atoms with Gasteiger partial charge in [0, 0.05) is 43.2 Å². The maximum atomic E-state index is 2.74. The topological polar surface area (TPSA) is 6.48 Å². The predicted molar refractivity (Wildman–Crippen MR) is 311 cm³/mol. The van der Waals surface area contributed by atoms with E-state index in [0.717, 1.165) is 6.42 Å². The third-order valence-corrected chi connectivity index (χ3v) is 19.1. The first kappa shape index (κ1) is 46.5. The number of aryl methyl sites for hydroxylation is 1. The number of anilines is 6. The van der Waals surface area contributed by atoms with Crippen LogP contribution in [0.4, 0.5) is 34.1 Å². The van der Waals surface area contributed by atoms with E-state index in [1.807, 2.05) is 11.3 Å². The van der Waals surface area contributed by atoms with Crippen molar-refractivity contribution in [2.45, 2.75) is 162 Å². The molecule has 12 rings (SSSR count). The van der Waals surface area contributed by atoms with Crippen LogP contribution in [0.5, 0.6) is 0 Å².